The molecule has 0 atom stereocenters. The Kier molecular flexibility index (Phi) is 2.90. The van der Waals surface area contributed by atoms with Crippen molar-refractivity contribution in [3.63, 3.8) is 0 Å². The second-order valence-corrected chi connectivity index (χ2v) is 4.46. The monoisotopic (exact) mass is 268 g/mol. The maximum atomic E-state index is 10.8. The van der Waals surface area contributed by atoms with E-state index in [9.17, 15) is 4.79 Å². The second kappa shape index (κ2) is 4.73. The van der Waals surface area contributed by atoms with Crippen LogP contribution in [0.4, 0.5) is 0 Å². The lowest BCUT2D eigenvalue weighted by Crippen LogP contribution is -2.04. The van der Waals surface area contributed by atoms with Gasteiger partial charge in [-0.15, -0.1) is 5.10 Å². The fraction of sp³-hybridized carbons (Fsp3) is 0.143. The first kappa shape index (κ1) is 12.3. The smallest absolute Gasteiger partial charge is 0.309 e. The molecular weight excluding hydrogens is 256 g/mol. The molecule has 20 heavy (non-hydrogen) atoms. The SMILES string of the molecule is Cc1c(CC(=O)O)nnn1-c1cccc2cccnc12. The third-order valence-corrected chi connectivity index (χ3v) is 3.15. The third kappa shape index (κ3) is 2.01. The van der Waals surface area contributed by atoms with E-state index < -0.39 is 5.97 Å². The van der Waals surface area contributed by atoms with Crippen LogP contribution >= 0.6 is 0 Å². The first-order valence-electron chi connectivity index (χ1n) is 6.14. The van der Waals surface area contributed by atoms with Gasteiger partial charge in [0.15, 0.2) is 0 Å². The van der Waals surface area contributed by atoms with Gasteiger partial charge in [0.2, 0.25) is 0 Å². The number of hydrogen-bond donors (Lipinski definition) is 1. The van der Waals surface area contributed by atoms with Crippen molar-refractivity contribution in [1.82, 2.24) is 20.0 Å². The molecule has 6 heteroatoms. The summed E-state index contributed by atoms with van der Waals surface area (Å²) in [4.78, 5) is 15.2. The van der Waals surface area contributed by atoms with E-state index in [0.717, 1.165) is 16.6 Å². The number of hydrogen-bond acceptors (Lipinski definition) is 4. The molecule has 3 aromatic rings. The van der Waals surface area contributed by atoms with Gasteiger partial charge >= 0.3 is 5.97 Å². The Morgan fingerprint density at radius 1 is 1.30 bits per heavy atom. The Morgan fingerprint density at radius 3 is 2.90 bits per heavy atom. The summed E-state index contributed by atoms with van der Waals surface area (Å²) in [6, 6.07) is 9.61. The molecule has 0 aliphatic heterocycles. The number of aliphatic carboxylic acids is 1. The summed E-state index contributed by atoms with van der Waals surface area (Å²) in [5.74, 6) is -0.920. The summed E-state index contributed by atoms with van der Waals surface area (Å²) < 4.78 is 1.63. The van der Waals surface area contributed by atoms with Crippen LogP contribution < -0.4 is 0 Å². The minimum atomic E-state index is -0.920. The molecule has 6 nitrogen and oxygen atoms in total. The summed E-state index contributed by atoms with van der Waals surface area (Å²) in [5, 5.41) is 17.8. The Morgan fingerprint density at radius 2 is 2.10 bits per heavy atom. The van der Waals surface area contributed by atoms with Gasteiger partial charge in [-0.1, -0.05) is 23.4 Å². The summed E-state index contributed by atoms with van der Waals surface area (Å²) >= 11 is 0. The molecule has 0 fully saturated rings. The van der Waals surface area contributed by atoms with Gasteiger partial charge in [0.05, 0.1) is 29.0 Å². The van der Waals surface area contributed by atoms with Gasteiger partial charge in [-0.05, 0) is 19.1 Å². The highest BCUT2D eigenvalue weighted by atomic mass is 16.4. The minimum absolute atomic E-state index is 0.135. The zero-order valence-corrected chi connectivity index (χ0v) is 10.8. The first-order valence-corrected chi connectivity index (χ1v) is 6.14. The Hall–Kier alpha value is -2.76. The van der Waals surface area contributed by atoms with E-state index in [1.54, 1.807) is 17.8 Å². The normalized spacial score (nSPS) is 10.8. The molecule has 1 aromatic carbocycles. The van der Waals surface area contributed by atoms with Crippen molar-refractivity contribution in [3.05, 3.63) is 47.9 Å². The fourth-order valence-electron chi connectivity index (χ4n) is 2.15. The van der Waals surface area contributed by atoms with E-state index >= 15 is 0 Å². The van der Waals surface area contributed by atoms with E-state index in [-0.39, 0.29) is 6.42 Å². The van der Waals surface area contributed by atoms with E-state index in [1.807, 2.05) is 30.3 Å². The number of aromatic nitrogens is 4. The van der Waals surface area contributed by atoms with Crippen molar-refractivity contribution in [1.29, 1.82) is 0 Å². The highest BCUT2D eigenvalue weighted by Gasteiger charge is 2.14. The maximum absolute atomic E-state index is 10.8. The van der Waals surface area contributed by atoms with Gasteiger partial charge < -0.3 is 5.11 Å². The van der Waals surface area contributed by atoms with Crippen LogP contribution in [0.2, 0.25) is 0 Å². The fourth-order valence-corrected chi connectivity index (χ4v) is 2.15. The first-order chi connectivity index (χ1) is 9.66. The van der Waals surface area contributed by atoms with Crippen LogP contribution in [0.1, 0.15) is 11.4 Å². The summed E-state index contributed by atoms with van der Waals surface area (Å²) in [5.41, 5.74) is 2.78. The quantitative estimate of drug-likeness (QED) is 0.782. The highest BCUT2D eigenvalue weighted by molar-refractivity contribution is 5.86. The van der Waals surface area contributed by atoms with Crippen LogP contribution in [0.3, 0.4) is 0 Å². The lowest BCUT2D eigenvalue weighted by Gasteiger charge is -2.06. The van der Waals surface area contributed by atoms with Crippen molar-refractivity contribution >= 4 is 16.9 Å². The number of carboxylic acids is 1. The largest absolute Gasteiger partial charge is 0.481 e. The molecule has 3 rings (SSSR count). The summed E-state index contributed by atoms with van der Waals surface area (Å²) in [7, 11) is 0. The minimum Gasteiger partial charge on any atom is -0.481 e. The predicted octanol–water partition coefficient (Wildman–Crippen LogP) is 1.75. The number of carbonyl (C=O) groups is 1. The zero-order chi connectivity index (χ0) is 14.1. The molecule has 0 bridgehead atoms. The number of benzene rings is 1. The van der Waals surface area contributed by atoms with E-state index in [2.05, 4.69) is 15.3 Å². The molecule has 0 aliphatic rings. The van der Waals surface area contributed by atoms with Crippen molar-refractivity contribution < 1.29 is 9.90 Å². The molecule has 100 valence electrons. The summed E-state index contributed by atoms with van der Waals surface area (Å²) in [6.07, 6.45) is 1.58. The average molecular weight is 268 g/mol. The molecule has 0 amide bonds. The van der Waals surface area contributed by atoms with Crippen LogP contribution in [0.25, 0.3) is 16.6 Å². The number of carboxylic acid groups (broad SMARTS) is 1. The molecular formula is C14H12N4O2. The number of rotatable bonds is 3. The van der Waals surface area contributed by atoms with Gasteiger partial charge in [-0.2, -0.15) is 0 Å². The standard InChI is InChI=1S/C14H12N4O2/c1-9-11(8-13(19)20)16-17-18(9)12-6-2-4-10-5-3-7-15-14(10)12/h2-7H,8H2,1H3,(H,19,20). The van der Waals surface area contributed by atoms with Crippen LogP contribution in [0.5, 0.6) is 0 Å². The van der Waals surface area contributed by atoms with Crippen LogP contribution in [-0.4, -0.2) is 31.1 Å². The molecule has 2 heterocycles. The van der Waals surface area contributed by atoms with Crippen molar-refractivity contribution in [2.75, 3.05) is 0 Å². The predicted molar refractivity (Wildman–Crippen MR) is 72.7 cm³/mol. The average Bonchev–Trinajstić information content (AvgIpc) is 2.79. The molecule has 0 radical (unpaired) electrons. The van der Waals surface area contributed by atoms with E-state index in [4.69, 9.17) is 5.11 Å². The van der Waals surface area contributed by atoms with Gasteiger partial charge in [0, 0.05) is 11.6 Å². The number of para-hydroxylation sites is 1. The number of pyridine rings is 1. The van der Waals surface area contributed by atoms with Crippen LogP contribution in [0.15, 0.2) is 36.5 Å². The maximum Gasteiger partial charge on any atom is 0.309 e. The molecule has 0 unspecified atom stereocenters. The van der Waals surface area contributed by atoms with Gasteiger partial charge in [-0.25, -0.2) is 4.68 Å². The lowest BCUT2D eigenvalue weighted by molar-refractivity contribution is -0.136. The molecule has 1 N–H and O–H groups in total. The van der Waals surface area contributed by atoms with Crippen molar-refractivity contribution in [2.24, 2.45) is 0 Å². The Labute approximate surface area is 114 Å². The topological polar surface area (TPSA) is 80.9 Å². The molecule has 0 saturated carbocycles. The molecule has 0 aliphatic carbocycles. The Bertz CT molecular complexity index is 789. The van der Waals surface area contributed by atoms with E-state index in [1.165, 1.54) is 0 Å². The lowest BCUT2D eigenvalue weighted by atomic mass is 10.2. The van der Waals surface area contributed by atoms with Crippen molar-refractivity contribution in [2.45, 2.75) is 13.3 Å². The molecule has 0 saturated heterocycles. The second-order valence-electron chi connectivity index (χ2n) is 4.46. The van der Waals surface area contributed by atoms with Crippen LogP contribution in [-0.2, 0) is 11.2 Å². The van der Waals surface area contributed by atoms with Crippen molar-refractivity contribution in [3.8, 4) is 5.69 Å². The summed E-state index contributed by atoms with van der Waals surface area (Å²) in [6.45, 7) is 1.81. The Balaban J connectivity index is 2.17. The van der Waals surface area contributed by atoms with Gasteiger partial charge in [0.25, 0.3) is 0 Å². The number of nitrogens with zero attached hydrogens (tertiary/aromatic N) is 4. The number of fused-ring (bicyclic) bond motifs is 1. The van der Waals surface area contributed by atoms with Gasteiger partial charge in [0.1, 0.15) is 0 Å². The molecule has 0 spiro atoms. The third-order valence-electron chi connectivity index (χ3n) is 3.15. The van der Waals surface area contributed by atoms with E-state index in [0.29, 0.717) is 11.4 Å². The highest BCUT2D eigenvalue weighted by Crippen LogP contribution is 2.21. The van der Waals surface area contributed by atoms with Gasteiger partial charge in [-0.3, -0.25) is 9.78 Å². The van der Waals surface area contributed by atoms with Crippen LogP contribution in [0, 0.1) is 6.92 Å². The zero-order valence-electron chi connectivity index (χ0n) is 10.8. The molecule has 2 aromatic heterocycles.